The number of nitrogens with zero attached hydrogens (tertiary/aromatic N) is 1. The van der Waals surface area contributed by atoms with Crippen molar-refractivity contribution in [3.63, 3.8) is 0 Å². The lowest BCUT2D eigenvalue weighted by Gasteiger charge is -2.17. The van der Waals surface area contributed by atoms with Crippen LogP contribution >= 0.6 is 0 Å². The normalized spacial score (nSPS) is 10.5. The molecule has 2 heteroatoms. The number of nitrogens with one attached hydrogen (secondary N) is 1. The van der Waals surface area contributed by atoms with E-state index in [0.717, 1.165) is 5.69 Å². The average molecular weight is 202 g/mol. The largest absolute Gasteiger partial charge is 0.292 e. The average Bonchev–Trinajstić information content (AvgIpc) is 2.17. The van der Waals surface area contributed by atoms with E-state index in [9.17, 15) is 0 Å². The van der Waals surface area contributed by atoms with Crippen LogP contribution in [0.5, 0.6) is 0 Å². The Balaban J connectivity index is 3.29. The van der Waals surface area contributed by atoms with Crippen LogP contribution < -0.4 is 5.32 Å². The minimum atomic E-state index is 0.430. The van der Waals surface area contributed by atoms with Gasteiger partial charge in [-0.2, -0.15) is 5.26 Å². The van der Waals surface area contributed by atoms with Crippen molar-refractivity contribution in [2.45, 2.75) is 39.5 Å². The zero-order valence-corrected chi connectivity index (χ0v) is 9.83. The monoisotopic (exact) mass is 202 g/mol. The summed E-state index contributed by atoms with van der Waals surface area (Å²) in [7, 11) is 0. The maximum atomic E-state index is 8.77. The Morgan fingerprint density at radius 2 is 1.53 bits per heavy atom. The molecule has 0 aromatic heterocycles. The highest BCUT2D eigenvalue weighted by molar-refractivity contribution is 5.61. The first-order valence-corrected chi connectivity index (χ1v) is 5.35. The molecule has 15 heavy (non-hydrogen) atoms. The van der Waals surface area contributed by atoms with Gasteiger partial charge in [0.15, 0.2) is 6.19 Å². The van der Waals surface area contributed by atoms with Gasteiger partial charge in [-0.25, -0.2) is 0 Å². The van der Waals surface area contributed by atoms with Crippen LogP contribution in [0.25, 0.3) is 0 Å². The Bertz CT molecular complexity index is 346. The number of hydrogen-bond acceptors (Lipinski definition) is 2. The molecule has 0 bridgehead atoms. The second-order valence-electron chi connectivity index (χ2n) is 4.36. The van der Waals surface area contributed by atoms with E-state index >= 15 is 0 Å². The molecule has 0 radical (unpaired) electrons. The first kappa shape index (κ1) is 11.6. The van der Waals surface area contributed by atoms with Crippen LogP contribution in [0.1, 0.15) is 50.7 Å². The summed E-state index contributed by atoms with van der Waals surface area (Å²) in [5, 5.41) is 11.6. The Kier molecular flexibility index (Phi) is 3.74. The summed E-state index contributed by atoms with van der Waals surface area (Å²) < 4.78 is 0. The Morgan fingerprint density at radius 3 is 1.87 bits per heavy atom. The SMILES string of the molecule is CC(C)c1cccc(C(C)C)c1NC#N. The molecule has 0 atom stereocenters. The van der Waals surface area contributed by atoms with Gasteiger partial charge in [-0.1, -0.05) is 45.9 Å². The number of nitriles is 1. The third-order valence-corrected chi connectivity index (χ3v) is 2.55. The Labute approximate surface area is 91.9 Å². The van der Waals surface area contributed by atoms with Crippen molar-refractivity contribution in [3.05, 3.63) is 29.3 Å². The summed E-state index contributed by atoms with van der Waals surface area (Å²) in [5.74, 6) is 0.860. The summed E-state index contributed by atoms with van der Waals surface area (Å²) in [5.41, 5.74) is 3.41. The van der Waals surface area contributed by atoms with Gasteiger partial charge in [0.05, 0.1) is 5.69 Å². The summed E-state index contributed by atoms with van der Waals surface area (Å²) in [6.07, 6.45) is 2.02. The van der Waals surface area contributed by atoms with Crippen molar-refractivity contribution in [2.24, 2.45) is 0 Å². The molecule has 0 fully saturated rings. The van der Waals surface area contributed by atoms with Crippen LogP contribution in [0.15, 0.2) is 18.2 Å². The summed E-state index contributed by atoms with van der Waals surface area (Å²) in [6.45, 7) is 8.56. The molecular weight excluding hydrogens is 184 g/mol. The first-order valence-electron chi connectivity index (χ1n) is 5.35. The maximum Gasteiger partial charge on any atom is 0.181 e. The van der Waals surface area contributed by atoms with Gasteiger partial charge in [0.1, 0.15) is 0 Å². The zero-order chi connectivity index (χ0) is 11.4. The standard InChI is InChI=1S/C13H18N2/c1-9(2)11-6-5-7-12(10(3)4)13(11)15-8-14/h5-7,9-10,15H,1-4H3. The van der Waals surface area contributed by atoms with Gasteiger partial charge in [0.2, 0.25) is 0 Å². The molecular formula is C13H18N2. The highest BCUT2D eigenvalue weighted by Crippen LogP contribution is 2.31. The molecule has 0 saturated heterocycles. The van der Waals surface area contributed by atoms with E-state index in [1.807, 2.05) is 6.19 Å². The van der Waals surface area contributed by atoms with Gasteiger partial charge < -0.3 is 0 Å². The molecule has 1 aromatic rings. The summed E-state index contributed by atoms with van der Waals surface area (Å²) in [4.78, 5) is 0. The number of rotatable bonds is 3. The van der Waals surface area contributed by atoms with Crippen molar-refractivity contribution < 1.29 is 0 Å². The lowest BCUT2D eigenvalue weighted by atomic mass is 9.93. The molecule has 80 valence electrons. The minimum absolute atomic E-state index is 0.430. The van der Waals surface area contributed by atoms with Gasteiger partial charge in [-0.3, -0.25) is 5.32 Å². The molecule has 0 aliphatic carbocycles. The van der Waals surface area contributed by atoms with Crippen molar-refractivity contribution in [1.29, 1.82) is 5.26 Å². The molecule has 1 rings (SSSR count). The summed E-state index contributed by atoms with van der Waals surface area (Å²) in [6, 6.07) is 6.22. The third-order valence-electron chi connectivity index (χ3n) is 2.55. The topological polar surface area (TPSA) is 35.8 Å². The fraction of sp³-hybridized carbons (Fsp3) is 0.462. The van der Waals surface area contributed by atoms with Crippen LogP contribution in [0.3, 0.4) is 0 Å². The number of para-hydroxylation sites is 1. The zero-order valence-electron chi connectivity index (χ0n) is 9.83. The van der Waals surface area contributed by atoms with Crippen LogP contribution in [0, 0.1) is 11.5 Å². The first-order chi connectivity index (χ1) is 7.07. The van der Waals surface area contributed by atoms with E-state index in [4.69, 9.17) is 5.26 Å². The lowest BCUT2D eigenvalue weighted by molar-refractivity contribution is 0.838. The Morgan fingerprint density at radius 1 is 1.07 bits per heavy atom. The van der Waals surface area contributed by atoms with E-state index in [1.165, 1.54) is 11.1 Å². The van der Waals surface area contributed by atoms with Gasteiger partial charge >= 0.3 is 0 Å². The van der Waals surface area contributed by atoms with Gasteiger partial charge in [-0.15, -0.1) is 0 Å². The predicted octanol–water partition coefficient (Wildman–Crippen LogP) is 3.83. The molecule has 0 amide bonds. The fourth-order valence-electron chi connectivity index (χ4n) is 1.75. The highest BCUT2D eigenvalue weighted by atomic mass is 14.9. The van der Waals surface area contributed by atoms with Crippen LogP contribution in [0.4, 0.5) is 5.69 Å². The summed E-state index contributed by atoms with van der Waals surface area (Å²) >= 11 is 0. The molecule has 1 aromatic carbocycles. The van der Waals surface area contributed by atoms with Crippen molar-refractivity contribution >= 4 is 5.69 Å². The molecule has 0 heterocycles. The van der Waals surface area contributed by atoms with Crippen LogP contribution in [-0.2, 0) is 0 Å². The van der Waals surface area contributed by atoms with Crippen LogP contribution in [-0.4, -0.2) is 0 Å². The van der Waals surface area contributed by atoms with E-state index in [0.29, 0.717) is 11.8 Å². The molecule has 0 aliphatic heterocycles. The van der Waals surface area contributed by atoms with E-state index in [2.05, 4.69) is 51.2 Å². The molecule has 1 N–H and O–H groups in total. The Hall–Kier alpha value is -1.49. The lowest BCUT2D eigenvalue weighted by Crippen LogP contribution is -2.02. The van der Waals surface area contributed by atoms with Crippen LogP contribution in [0.2, 0.25) is 0 Å². The number of hydrogen-bond donors (Lipinski definition) is 1. The maximum absolute atomic E-state index is 8.77. The predicted molar refractivity (Wildman–Crippen MR) is 63.9 cm³/mol. The smallest absolute Gasteiger partial charge is 0.181 e. The van der Waals surface area contributed by atoms with Gasteiger partial charge in [0.25, 0.3) is 0 Å². The number of benzene rings is 1. The molecule has 0 saturated carbocycles. The molecule has 0 unspecified atom stereocenters. The fourth-order valence-corrected chi connectivity index (χ4v) is 1.75. The second-order valence-corrected chi connectivity index (χ2v) is 4.36. The highest BCUT2D eigenvalue weighted by Gasteiger charge is 2.12. The molecule has 0 aliphatic rings. The quantitative estimate of drug-likeness (QED) is 0.597. The molecule has 0 spiro atoms. The van der Waals surface area contributed by atoms with E-state index < -0.39 is 0 Å². The number of anilines is 1. The van der Waals surface area contributed by atoms with Crippen molar-refractivity contribution in [3.8, 4) is 6.19 Å². The van der Waals surface area contributed by atoms with Crippen molar-refractivity contribution in [1.82, 2.24) is 0 Å². The third kappa shape index (κ3) is 2.50. The van der Waals surface area contributed by atoms with E-state index in [-0.39, 0.29) is 0 Å². The van der Waals surface area contributed by atoms with Crippen molar-refractivity contribution in [2.75, 3.05) is 5.32 Å². The second kappa shape index (κ2) is 4.84. The molecule has 2 nitrogen and oxygen atoms in total. The van der Waals surface area contributed by atoms with Gasteiger partial charge in [0, 0.05) is 0 Å². The van der Waals surface area contributed by atoms with E-state index in [1.54, 1.807) is 0 Å². The van der Waals surface area contributed by atoms with Gasteiger partial charge in [-0.05, 0) is 23.0 Å². The minimum Gasteiger partial charge on any atom is -0.292 e.